The Bertz CT molecular complexity index is 813. The summed E-state index contributed by atoms with van der Waals surface area (Å²) >= 11 is 0. The van der Waals surface area contributed by atoms with Crippen molar-refractivity contribution in [2.45, 2.75) is 52.2 Å². The molecule has 0 saturated carbocycles. The molecule has 1 aliphatic rings. The second-order valence-corrected chi connectivity index (χ2v) is 7.97. The summed E-state index contributed by atoms with van der Waals surface area (Å²) in [5.41, 5.74) is 1.80. The Hall–Kier alpha value is -2.63. The molecule has 3 rings (SSSR count). The fraction of sp³-hybridized carbons (Fsp3) is 0.476. The number of nitrogens with zero attached hydrogens (tertiary/aromatic N) is 3. The van der Waals surface area contributed by atoms with Gasteiger partial charge in [-0.25, -0.2) is 9.78 Å². The van der Waals surface area contributed by atoms with Crippen molar-refractivity contribution in [1.29, 1.82) is 0 Å². The number of hydrogen-bond acceptors (Lipinski definition) is 4. The lowest BCUT2D eigenvalue weighted by Gasteiger charge is -2.34. The van der Waals surface area contributed by atoms with Gasteiger partial charge in [-0.1, -0.05) is 30.3 Å². The lowest BCUT2D eigenvalue weighted by molar-refractivity contribution is 0.0187. The quantitative estimate of drug-likeness (QED) is 0.756. The van der Waals surface area contributed by atoms with Gasteiger partial charge < -0.3 is 14.2 Å². The molecule has 0 N–H and O–H groups in total. The Morgan fingerprint density at radius 1 is 1.11 bits per heavy atom. The molecule has 0 atom stereocenters. The molecule has 6 heteroatoms. The Morgan fingerprint density at radius 2 is 1.74 bits per heavy atom. The highest BCUT2D eigenvalue weighted by Gasteiger charge is 2.29. The molecule has 144 valence electrons. The van der Waals surface area contributed by atoms with E-state index in [1.807, 2.05) is 55.7 Å². The molecule has 1 amide bonds. The summed E-state index contributed by atoms with van der Waals surface area (Å²) in [4.78, 5) is 30.9. The van der Waals surface area contributed by atoms with Crippen molar-refractivity contribution in [3.05, 3.63) is 42.4 Å². The summed E-state index contributed by atoms with van der Waals surface area (Å²) in [6, 6.07) is 9.90. The number of imidazole rings is 1. The normalized spacial score (nSPS) is 15.6. The smallest absolute Gasteiger partial charge is 0.410 e. The van der Waals surface area contributed by atoms with Gasteiger partial charge in [0.2, 0.25) is 0 Å². The first-order chi connectivity index (χ1) is 12.8. The third kappa shape index (κ3) is 4.38. The highest BCUT2D eigenvalue weighted by Crippen LogP contribution is 2.30. The van der Waals surface area contributed by atoms with Crippen LogP contribution in [0.5, 0.6) is 0 Å². The van der Waals surface area contributed by atoms with E-state index in [9.17, 15) is 9.59 Å². The first-order valence-corrected chi connectivity index (χ1v) is 9.37. The number of rotatable bonds is 3. The van der Waals surface area contributed by atoms with Gasteiger partial charge in [-0.15, -0.1) is 0 Å². The lowest BCUT2D eigenvalue weighted by atomic mass is 10.0. The zero-order valence-electron chi connectivity index (χ0n) is 16.4. The van der Waals surface area contributed by atoms with Crippen LogP contribution < -0.4 is 0 Å². The van der Waals surface area contributed by atoms with Crippen LogP contribution in [0, 0.1) is 0 Å². The molecule has 0 aliphatic carbocycles. The average Bonchev–Trinajstić information content (AvgIpc) is 3.06. The Balaban J connectivity index is 1.76. The van der Waals surface area contributed by atoms with E-state index in [0.29, 0.717) is 18.8 Å². The number of carbonyl (C=O) groups excluding carboxylic acids is 2. The summed E-state index contributed by atoms with van der Waals surface area (Å²) in [5, 5.41) is 0. The standard InChI is InChI=1S/C21H27N3O3/c1-15(25)19-18(16-8-6-5-7-9-16)22-14-24(19)17-10-12-23(13-11-17)20(26)27-21(2,3)4/h5-9,14,17H,10-13H2,1-4H3. The minimum atomic E-state index is -0.495. The van der Waals surface area contributed by atoms with Crippen molar-refractivity contribution in [2.75, 3.05) is 13.1 Å². The number of benzene rings is 1. The Morgan fingerprint density at radius 3 is 2.30 bits per heavy atom. The highest BCUT2D eigenvalue weighted by atomic mass is 16.6. The van der Waals surface area contributed by atoms with Gasteiger partial charge in [-0.3, -0.25) is 4.79 Å². The van der Waals surface area contributed by atoms with Crippen LogP contribution in [0.1, 0.15) is 57.1 Å². The summed E-state index contributed by atoms with van der Waals surface area (Å²) in [6.07, 6.45) is 3.02. The van der Waals surface area contributed by atoms with E-state index in [1.165, 1.54) is 0 Å². The number of aromatic nitrogens is 2. The molecule has 0 radical (unpaired) electrons. The first kappa shape index (κ1) is 19.1. The maximum Gasteiger partial charge on any atom is 0.410 e. The summed E-state index contributed by atoms with van der Waals surface area (Å²) in [7, 11) is 0. The van der Waals surface area contributed by atoms with E-state index >= 15 is 0 Å². The Kier molecular flexibility index (Phi) is 5.35. The molecular formula is C21H27N3O3. The fourth-order valence-corrected chi connectivity index (χ4v) is 3.45. The molecule has 1 aromatic heterocycles. The van der Waals surface area contributed by atoms with E-state index in [1.54, 1.807) is 18.2 Å². The third-order valence-corrected chi connectivity index (χ3v) is 4.68. The van der Waals surface area contributed by atoms with E-state index in [4.69, 9.17) is 4.74 Å². The predicted molar refractivity (Wildman–Crippen MR) is 104 cm³/mol. The molecular weight excluding hydrogens is 342 g/mol. The summed E-state index contributed by atoms with van der Waals surface area (Å²) < 4.78 is 7.44. The van der Waals surface area contributed by atoms with Crippen LogP contribution in [-0.2, 0) is 4.74 Å². The molecule has 0 bridgehead atoms. The van der Waals surface area contributed by atoms with Crippen molar-refractivity contribution < 1.29 is 14.3 Å². The van der Waals surface area contributed by atoms with E-state index in [2.05, 4.69) is 4.98 Å². The van der Waals surface area contributed by atoms with Crippen LogP contribution in [0.3, 0.4) is 0 Å². The van der Waals surface area contributed by atoms with Crippen molar-refractivity contribution in [1.82, 2.24) is 14.5 Å². The number of likely N-dealkylation sites (tertiary alicyclic amines) is 1. The number of hydrogen-bond donors (Lipinski definition) is 0. The van der Waals surface area contributed by atoms with Crippen LogP contribution in [0.15, 0.2) is 36.7 Å². The first-order valence-electron chi connectivity index (χ1n) is 9.37. The zero-order chi connectivity index (χ0) is 19.6. The van der Waals surface area contributed by atoms with Crippen LogP contribution >= 0.6 is 0 Å². The summed E-state index contributed by atoms with van der Waals surface area (Å²) in [6.45, 7) is 8.40. The number of carbonyl (C=O) groups is 2. The molecule has 1 fully saturated rings. The highest BCUT2D eigenvalue weighted by molar-refractivity contribution is 5.98. The molecule has 1 aliphatic heterocycles. The maximum atomic E-state index is 12.3. The van der Waals surface area contributed by atoms with Gasteiger partial charge in [0.05, 0.1) is 12.0 Å². The van der Waals surface area contributed by atoms with Crippen molar-refractivity contribution in [3.63, 3.8) is 0 Å². The van der Waals surface area contributed by atoms with Gasteiger partial charge in [0.25, 0.3) is 0 Å². The Labute approximate surface area is 160 Å². The van der Waals surface area contributed by atoms with Gasteiger partial charge in [0.15, 0.2) is 5.78 Å². The number of Topliss-reactive ketones (excluding diaryl/α,β-unsaturated/α-hetero) is 1. The van der Waals surface area contributed by atoms with Gasteiger partial charge >= 0.3 is 6.09 Å². The van der Waals surface area contributed by atoms with Gasteiger partial charge in [0, 0.05) is 31.6 Å². The lowest BCUT2D eigenvalue weighted by Crippen LogP contribution is -2.42. The van der Waals surface area contributed by atoms with Crippen LogP contribution in [-0.4, -0.2) is 45.0 Å². The van der Waals surface area contributed by atoms with E-state index in [-0.39, 0.29) is 17.9 Å². The zero-order valence-corrected chi connectivity index (χ0v) is 16.4. The third-order valence-electron chi connectivity index (χ3n) is 4.68. The molecule has 0 unspecified atom stereocenters. The van der Waals surface area contributed by atoms with Gasteiger partial charge in [-0.05, 0) is 33.6 Å². The molecule has 1 aromatic carbocycles. The molecule has 0 spiro atoms. The fourth-order valence-electron chi connectivity index (χ4n) is 3.45. The van der Waals surface area contributed by atoms with Crippen LogP contribution in [0.2, 0.25) is 0 Å². The number of amides is 1. The van der Waals surface area contributed by atoms with Crippen molar-refractivity contribution in [2.24, 2.45) is 0 Å². The maximum absolute atomic E-state index is 12.3. The monoisotopic (exact) mass is 369 g/mol. The van der Waals surface area contributed by atoms with Crippen LogP contribution in [0.4, 0.5) is 4.79 Å². The molecule has 1 saturated heterocycles. The number of ether oxygens (including phenoxy) is 1. The number of ketones is 1. The van der Waals surface area contributed by atoms with Crippen LogP contribution in [0.25, 0.3) is 11.3 Å². The minimum Gasteiger partial charge on any atom is -0.444 e. The second kappa shape index (κ2) is 7.55. The topological polar surface area (TPSA) is 64.4 Å². The predicted octanol–water partition coefficient (Wildman–Crippen LogP) is 4.32. The number of piperidine rings is 1. The summed E-state index contributed by atoms with van der Waals surface area (Å²) in [5.74, 6) is 0.000856. The SMILES string of the molecule is CC(=O)c1c(-c2ccccc2)ncn1C1CCN(C(=O)OC(C)(C)C)CC1. The molecule has 6 nitrogen and oxygen atoms in total. The molecule has 2 aromatic rings. The van der Waals surface area contributed by atoms with E-state index in [0.717, 1.165) is 24.1 Å². The largest absolute Gasteiger partial charge is 0.444 e. The minimum absolute atomic E-state index is 0.000856. The molecule has 27 heavy (non-hydrogen) atoms. The van der Waals surface area contributed by atoms with Crippen molar-refractivity contribution in [3.8, 4) is 11.3 Å². The van der Waals surface area contributed by atoms with Gasteiger partial charge in [-0.2, -0.15) is 0 Å². The van der Waals surface area contributed by atoms with E-state index < -0.39 is 5.60 Å². The van der Waals surface area contributed by atoms with Gasteiger partial charge in [0.1, 0.15) is 11.3 Å². The van der Waals surface area contributed by atoms with Crippen molar-refractivity contribution >= 4 is 11.9 Å². The average molecular weight is 369 g/mol. The molecule has 2 heterocycles. The second-order valence-electron chi connectivity index (χ2n) is 7.97.